The van der Waals surface area contributed by atoms with E-state index in [-0.39, 0.29) is 23.2 Å². The Labute approximate surface area is 180 Å². The van der Waals surface area contributed by atoms with Gasteiger partial charge in [0, 0.05) is 21.7 Å². The van der Waals surface area contributed by atoms with E-state index in [9.17, 15) is 9.65 Å². The first kappa shape index (κ1) is 18.9. The summed E-state index contributed by atoms with van der Waals surface area (Å²) in [4.78, 5) is 0. The summed E-state index contributed by atoms with van der Waals surface area (Å²) in [6.45, 7) is 0. The Balaban J connectivity index is 1.72. The van der Waals surface area contributed by atoms with Crippen LogP contribution in [-0.2, 0) is 0 Å². The van der Waals surface area contributed by atoms with Crippen molar-refractivity contribution in [3.63, 3.8) is 0 Å². The van der Waals surface area contributed by atoms with Gasteiger partial charge in [-0.05, 0) is 36.4 Å². The van der Waals surface area contributed by atoms with E-state index in [1.807, 2.05) is 12.1 Å². The zero-order valence-electron chi connectivity index (χ0n) is 15.9. The summed E-state index contributed by atoms with van der Waals surface area (Å²) in [6.07, 6.45) is 1.63. The molecule has 31 heavy (non-hydrogen) atoms. The SMILES string of the molecule is N#CC1=C(N)Oc2n[nH]c(-c3ccc(Cl)cc3)c2C1c1cn[nH]c1-c1ccc(F)cc1. The van der Waals surface area contributed by atoms with Gasteiger partial charge in [-0.25, -0.2) is 4.39 Å². The van der Waals surface area contributed by atoms with Crippen LogP contribution in [0.25, 0.3) is 22.5 Å². The first-order valence-electron chi connectivity index (χ1n) is 9.27. The topological polar surface area (TPSA) is 116 Å². The Morgan fingerprint density at radius 3 is 2.42 bits per heavy atom. The number of benzene rings is 2. The first-order valence-corrected chi connectivity index (χ1v) is 9.65. The van der Waals surface area contributed by atoms with Crippen molar-refractivity contribution in [2.75, 3.05) is 0 Å². The van der Waals surface area contributed by atoms with E-state index in [4.69, 9.17) is 22.1 Å². The van der Waals surface area contributed by atoms with Crippen molar-refractivity contribution in [2.24, 2.45) is 5.73 Å². The predicted molar refractivity (Wildman–Crippen MR) is 112 cm³/mol. The normalized spacial score (nSPS) is 15.3. The number of nitriles is 1. The van der Waals surface area contributed by atoms with Crippen LogP contribution in [0.4, 0.5) is 4.39 Å². The number of hydrogen-bond acceptors (Lipinski definition) is 5. The molecule has 1 unspecified atom stereocenters. The second kappa shape index (κ2) is 7.31. The van der Waals surface area contributed by atoms with Crippen molar-refractivity contribution < 1.29 is 9.13 Å². The van der Waals surface area contributed by atoms with Crippen molar-refractivity contribution >= 4 is 11.6 Å². The Bertz CT molecular complexity index is 1350. The molecule has 9 heteroatoms. The van der Waals surface area contributed by atoms with Gasteiger partial charge in [-0.1, -0.05) is 23.7 Å². The molecule has 0 bridgehead atoms. The molecule has 4 aromatic rings. The van der Waals surface area contributed by atoms with Crippen molar-refractivity contribution in [1.29, 1.82) is 5.26 Å². The van der Waals surface area contributed by atoms with E-state index >= 15 is 0 Å². The van der Waals surface area contributed by atoms with Gasteiger partial charge in [0.05, 0.1) is 29.1 Å². The van der Waals surface area contributed by atoms with E-state index < -0.39 is 5.92 Å². The highest BCUT2D eigenvalue weighted by Crippen LogP contribution is 2.47. The van der Waals surface area contributed by atoms with E-state index in [1.54, 1.807) is 30.5 Å². The number of aromatic nitrogens is 4. The zero-order chi connectivity index (χ0) is 21.5. The number of aromatic amines is 2. The lowest BCUT2D eigenvalue weighted by Crippen LogP contribution is -2.21. The molecule has 1 aliphatic rings. The average molecular weight is 433 g/mol. The fourth-order valence-electron chi connectivity index (χ4n) is 3.75. The molecule has 5 rings (SSSR count). The van der Waals surface area contributed by atoms with E-state index in [1.165, 1.54) is 12.1 Å². The fraction of sp³-hybridized carbons (Fsp3) is 0.0455. The van der Waals surface area contributed by atoms with E-state index in [0.29, 0.717) is 33.1 Å². The standard InChI is InChI=1S/C22H14ClFN6O/c23-13-5-1-12(2-6-13)20-18-17(15(9-25)21(26)31-22(18)30-29-20)16-10-27-28-19(16)11-3-7-14(24)8-4-11/h1-8,10,17H,26H2,(H,27,28)(H,29,30). The highest BCUT2D eigenvalue weighted by Gasteiger charge is 2.37. The molecule has 0 spiro atoms. The molecule has 2 aromatic heterocycles. The van der Waals surface area contributed by atoms with Crippen LogP contribution in [0.3, 0.4) is 0 Å². The molecule has 0 radical (unpaired) electrons. The average Bonchev–Trinajstić information content (AvgIpc) is 3.41. The third kappa shape index (κ3) is 3.12. The number of fused-ring (bicyclic) bond motifs is 1. The smallest absolute Gasteiger partial charge is 0.244 e. The van der Waals surface area contributed by atoms with Crippen molar-refractivity contribution in [3.8, 4) is 34.5 Å². The maximum Gasteiger partial charge on any atom is 0.244 e. The summed E-state index contributed by atoms with van der Waals surface area (Å²) in [6, 6.07) is 15.4. The number of halogens is 2. The van der Waals surface area contributed by atoms with Gasteiger partial charge in [0.25, 0.3) is 0 Å². The van der Waals surface area contributed by atoms with Gasteiger partial charge in [-0.2, -0.15) is 10.4 Å². The molecule has 3 heterocycles. The van der Waals surface area contributed by atoms with Gasteiger partial charge >= 0.3 is 0 Å². The van der Waals surface area contributed by atoms with Crippen LogP contribution in [0.15, 0.2) is 66.2 Å². The molecule has 0 aliphatic carbocycles. The minimum atomic E-state index is -0.600. The predicted octanol–water partition coefficient (Wildman–Crippen LogP) is 4.48. The summed E-state index contributed by atoms with van der Waals surface area (Å²) in [5.74, 6) is -0.699. The first-order chi connectivity index (χ1) is 15.1. The third-order valence-electron chi connectivity index (χ3n) is 5.18. The van der Waals surface area contributed by atoms with Crippen LogP contribution >= 0.6 is 11.6 Å². The summed E-state index contributed by atoms with van der Waals surface area (Å²) >= 11 is 6.03. The third-order valence-corrected chi connectivity index (χ3v) is 5.44. The molecule has 7 nitrogen and oxygen atoms in total. The van der Waals surface area contributed by atoms with Crippen LogP contribution in [0, 0.1) is 17.1 Å². The van der Waals surface area contributed by atoms with Crippen LogP contribution in [0.2, 0.25) is 5.02 Å². The van der Waals surface area contributed by atoms with Crippen LogP contribution in [-0.4, -0.2) is 20.4 Å². The highest BCUT2D eigenvalue weighted by molar-refractivity contribution is 6.30. The quantitative estimate of drug-likeness (QED) is 0.441. The van der Waals surface area contributed by atoms with Gasteiger partial charge < -0.3 is 10.5 Å². The van der Waals surface area contributed by atoms with Crippen molar-refractivity contribution in [1.82, 2.24) is 20.4 Å². The van der Waals surface area contributed by atoms with Crippen LogP contribution in [0.5, 0.6) is 5.88 Å². The molecule has 4 N–H and O–H groups in total. The maximum absolute atomic E-state index is 13.4. The van der Waals surface area contributed by atoms with Gasteiger partial charge in [-0.3, -0.25) is 10.2 Å². The van der Waals surface area contributed by atoms with Gasteiger partial charge in [-0.15, -0.1) is 5.10 Å². The monoisotopic (exact) mass is 432 g/mol. The molecule has 2 aromatic carbocycles. The molecule has 152 valence electrons. The van der Waals surface area contributed by atoms with Gasteiger partial charge in [0.1, 0.15) is 17.5 Å². The molecule has 0 amide bonds. The van der Waals surface area contributed by atoms with Crippen LogP contribution < -0.4 is 10.5 Å². The minimum Gasteiger partial charge on any atom is -0.420 e. The number of allylic oxidation sites excluding steroid dienone is 1. The molecule has 1 atom stereocenters. The van der Waals surface area contributed by atoms with Gasteiger partial charge in [0.15, 0.2) is 0 Å². The van der Waals surface area contributed by atoms with E-state index in [0.717, 1.165) is 5.56 Å². The second-order valence-corrected chi connectivity index (χ2v) is 7.39. The molecule has 0 fully saturated rings. The zero-order valence-corrected chi connectivity index (χ0v) is 16.6. The Kier molecular flexibility index (Phi) is 4.46. The Hall–Kier alpha value is -4.09. The number of rotatable bonds is 3. The number of nitrogens with two attached hydrogens (primary N) is 1. The summed E-state index contributed by atoms with van der Waals surface area (Å²) < 4.78 is 19.1. The van der Waals surface area contributed by atoms with Crippen molar-refractivity contribution in [2.45, 2.75) is 5.92 Å². The maximum atomic E-state index is 13.4. The molecular formula is C22H14ClFN6O. The number of H-pyrrole nitrogens is 2. The van der Waals surface area contributed by atoms with Gasteiger partial charge in [0.2, 0.25) is 11.8 Å². The minimum absolute atomic E-state index is 0.0274. The fourth-order valence-corrected chi connectivity index (χ4v) is 3.88. The molecule has 0 saturated heterocycles. The summed E-state index contributed by atoms with van der Waals surface area (Å²) in [5.41, 5.74) is 10.5. The lowest BCUT2D eigenvalue weighted by Gasteiger charge is -2.24. The number of hydrogen-bond donors (Lipinski definition) is 3. The summed E-state index contributed by atoms with van der Waals surface area (Å²) in [5, 5.41) is 24.9. The number of nitrogens with zero attached hydrogens (tertiary/aromatic N) is 3. The highest BCUT2D eigenvalue weighted by atomic mass is 35.5. The Morgan fingerprint density at radius 2 is 1.71 bits per heavy atom. The molecular weight excluding hydrogens is 419 g/mol. The van der Waals surface area contributed by atoms with Crippen molar-refractivity contribution in [3.05, 3.63) is 88.2 Å². The van der Waals surface area contributed by atoms with E-state index in [2.05, 4.69) is 26.5 Å². The molecule has 1 aliphatic heterocycles. The second-order valence-electron chi connectivity index (χ2n) is 6.96. The molecule has 0 saturated carbocycles. The Morgan fingerprint density at radius 1 is 1.03 bits per heavy atom. The summed E-state index contributed by atoms with van der Waals surface area (Å²) in [7, 11) is 0. The number of ether oxygens (including phenoxy) is 1. The van der Waals surface area contributed by atoms with Crippen LogP contribution in [0.1, 0.15) is 17.0 Å². The number of nitrogens with one attached hydrogen (secondary N) is 2. The largest absolute Gasteiger partial charge is 0.420 e. The lowest BCUT2D eigenvalue weighted by atomic mass is 9.82. The lowest BCUT2D eigenvalue weighted by molar-refractivity contribution is 0.379.